The highest BCUT2D eigenvalue weighted by Crippen LogP contribution is 2.72. The Hall–Kier alpha value is -0.780. The Morgan fingerprint density at radius 3 is 1.43 bits per heavy atom. The molecule has 0 saturated carbocycles. The Morgan fingerprint density at radius 2 is 1.05 bits per heavy atom. The molecule has 0 fully saturated rings. The lowest BCUT2D eigenvalue weighted by molar-refractivity contribution is -0.0692. The van der Waals surface area contributed by atoms with Crippen LogP contribution in [0.1, 0.15) is 80.4 Å². The molecule has 0 nitrogen and oxygen atoms in total. The van der Waals surface area contributed by atoms with Gasteiger partial charge in [-0.3, -0.25) is 0 Å². The molecule has 0 heterocycles. The summed E-state index contributed by atoms with van der Waals surface area (Å²) in [6.45, 7) is 24.4. The minimum atomic E-state index is 0.132. The predicted molar refractivity (Wildman–Crippen MR) is 93.8 cm³/mol. The van der Waals surface area contributed by atoms with Gasteiger partial charge in [0.1, 0.15) is 0 Å². The van der Waals surface area contributed by atoms with Crippen LogP contribution >= 0.6 is 0 Å². The third-order valence-electron chi connectivity index (χ3n) is 6.75. The van der Waals surface area contributed by atoms with E-state index in [2.05, 4.69) is 93.5 Å². The maximum Gasteiger partial charge on any atom is 0.0112 e. The Kier molecular flexibility index (Phi) is 3.28. The molecule has 0 aliphatic heterocycles. The Balaban J connectivity index is 3.01. The molecule has 1 aromatic rings. The maximum absolute atomic E-state index is 2.49. The van der Waals surface area contributed by atoms with Gasteiger partial charge in [0.15, 0.2) is 0 Å². The van der Waals surface area contributed by atoms with Crippen molar-refractivity contribution in [1.82, 2.24) is 0 Å². The first kappa shape index (κ1) is 16.6. The second-order valence-corrected chi connectivity index (χ2v) is 10.0. The smallest absolute Gasteiger partial charge is 0.0112 e. The molecule has 118 valence electrons. The van der Waals surface area contributed by atoms with Gasteiger partial charge in [-0.05, 0) is 32.8 Å². The third kappa shape index (κ3) is 1.68. The van der Waals surface area contributed by atoms with Crippen LogP contribution in [0.4, 0.5) is 0 Å². The summed E-state index contributed by atoms with van der Waals surface area (Å²) in [5, 5.41) is 0. The Morgan fingerprint density at radius 1 is 0.667 bits per heavy atom. The molecule has 21 heavy (non-hydrogen) atoms. The van der Waals surface area contributed by atoms with Gasteiger partial charge >= 0.3 is 0 Å². The van der Waals surface area contributed by atoms with Crippen molar-refractivity contribution < 1.29 is 0 Å². The lowest BCUT2D eigenvalue weighted by Gasteiger charge is -2.62. The number of rotatable bonds is 0. The van der Waals surface area contributed by atoms with Gasteiger partial charge in [0.2, 0.25) is 0 Å². The summed E-state index contributed by atoms with van der Waals surface area (Å²) in [5.74, 6) is 0. The van der Waals surface area contributed by atoms with Crippen LogP contribution in [-0.4, -0.2) is 0 Å². The van der Waals surface area contributed by atoms with Crippen LogP contribution in [0.3, 0.4) is 0 Å². The van der Waals surface area contributed by atoms with Gasteiger partial charge in [0.25, 0.3) is 0 Å². The van der Waals surface area contributed by atoms with Gasteiger partial charge in [-0.25, -0.2) is 0 Å². The van der Waals surface area contributed by atoms with Gasteiger partial charge in [-0.1, -0.05) is 93.5 Å². The normalized spacial score (nSPS) is 23.0. The molecular formula is C21H34. The summed E-state index contributed by atoms with van der Waals surface area (Å²) in [4.78, 5) is 0. The first-order chi connectivity index (χ1) is 9.23. The van der Waals surface area contributed by atoms with Gasteiger partial charge in [0, 0.05) is 5.41 Å². The SMILES string of the molecule is CC(C)(C)C1(C(C)(C)C)c2ccccc2C(C)(C)C1(C)C. The molecule has 0 radical (unpaired) electrons. The van der Waals surface area contributed by atoms with E-state index in [1.165, 1.54) is 0 Å². The third-order valence-corrected chi connectivity index (χ3v) is 6.75. The standard InChI is InChI=1S/C21H34/c1-17(2,3)21(18(4,5)6)16-14-12-11-13-15(16)19(7,8)20(21,9)10/h11-14H,1-10H3. The van der Waals surface area contributed by atoms with Gasteiger partial charge < -0.3 is 0 Å². The first-order valence-electron chi connectivity index (χ1n) is 8.33. The van der Waals surface area contributed by atoms with Crippen LogP contribution in [0.5, 0.6) is 0 Å². The second kappa shape index (κ2) is 4.15. The molecule has 2 rings (SSSR count). The van der Waals surface area contributed by atoms with E-state index in [0.29, 0.717) is 0 Å². The molecule has 1 aliphatic rings. The van der Waals surface area contributed by atoms with Crippen molar-refractivity contribution in [2.75, 3.05) is 0 Å². The first-order valence-corrected chi connectivity index (χ1v) is 8.33. The lowest BCUT2D eigenvalue weighted by atomic mass is 9.41. The molecule has 0 atom stereocenters. The minimum Gasteiger partial charge on any atom is -0.0620 e. The number of fused-ring (bicyclic) bond motifs is 1. The van der Waals surface area contributed by atoms with Crippen LogP contribution in [0.15, 0.2) is 24.3 Å². The zero-order valence-corrected chi connectivity index (χ0v) is 15.8. The van der Waals surface area contributed by atoms with Crippen LogP contribution in [0.25, 0.3) is 0 Å². The molecule has 0 N–H and O–H groups in total. The van der Waals surface area contributed by atoms with Crippen LogP contribution in [0, 0.1) is 16.2 Å². The van der Waals surface area contributed by atoms with E-state index in [0.717, 1.165) is 0 Å². The van der Waals surface area contributed by atoms with E-state index in [9.17, 15) is 0 Å². The molecule has 0 unspecified atom stereocenters. The summed E-state index contributed by atoms with van der Waals surface area (Å²) in [5.41, 5.74) is 3.98. The fourth-order valence-corrected chi connectivity index (χ4v) is 6.31. The fraction of sp³-hybridized carbons (Fsp3) is 0.714. The monoisotopic (exact) mass is 286 g/mol. The van der Waals surface area contributed by atoms with Gasteiger partial charge in [-0.2, -0.15) is 0 Å². The molecule has 0 aromatic heterocycles. The summed E-state index contributed by atoms with van der Waals surface area (Å²) in [7, 11) is 0. The molecular weight excluding hydrogens is 252 g/mol. The predicted octanol–water partition coefficient (Wildman–Crippen LogP) is 6.33. The zero-order chi connectivity index (χ0) is 16.5. The molecule has 0 bridgehead atoms. The largest absolute Gasteiger partial charge is 0.0620 e. The second-order valence-electron chi connectivity index (χ2n) is 10.0. The highest BCUT2D eigenvalue weighted by Gasteiger charge is 2.69. The average molecular weight is 287 g/mol. The Labute approximate surface area is 132 Å². The van der Waals surface area contributed by atoms with E-state index in [4.69, 9.17) is 0 Å². The fourth-order valence-electron chi connectivity index (χ4n) is 6.31. The number of hydrogen-bond donors (Lipinski definition) is 0. The number of benzene rings is 1. The Bertz CT molecular complexity index is 530. The molecule has 1 aliphatic carbocycles. The minimum absolute atomic E-state index is 0.132. The van der Waals surface area contributed by atoms with E-state index in [1.54, 1.807) is 11.1 Å². The summed E-state index contributed by atoms with van der Waals surface area (Å²) in [6, 6.07) is 9.18. The van der Waals surface area contributed by atoms with Crippen molar-refractivity contribution in [2.24, 2.45) is 16.2 Å². The topological polar surface area (TPSA) is 0 Å². The highest BCUT2D eigenvalue weighted by atomic mass is 14.7. The molecule has 0 amide bonds. The van der Waals surface area contributed by atoms with Crippen molar-refractivity contribution in [3.05, 3.63) is 35.4 Å². The van der Waals surface area contributed by atoms with Crippen LogP contribution < -0.4 is 0 Å². The lowest BCUT2D eigenvalue weighted by Crippen LogP contribution is -2.60. The van der Waals surface area contributed by atoms with Crippen molar-refractivity contribution in [3.8, 4) is 0 Å². The molecule has 1 aromatic carbocycles. The van der Waals surface area contributed by atoms with Crippen molar-refractivity contribution in [2.45, 2.75) is 80.1 Å². The zero-order valence-electron chi connectivity index (χ0n) is 15.8. The van der Waals surface area contributed by atoms with Crippen LogP contribution in [-0.2, 0) is 10.8 Å². The highest BCUT2D eigenvalue weighted by molar-refractivity contribution is 5.52. The maximum atomic E-state index is 2.49. The van der Waals surface area contributed by atoms with Gasteiger partial charge in [0.05, 0.1) is 0 Å². The summed E-state index contributed by atoms with van der Waals surface area (Å²) < 4.78 is 0. The molecule has 0 heteroatoms. The van der Waals surface area contributed by atoms with Crippen molar-refractivity contribution in [3.63, 3.8) is 0 Å². The van der Waals surface area contributed by atoms with Gasteiger partial charge in [-0.15, -0.1) is 0 Å². The van der Waals surface area contributed by atoms with Crippen LogP contribution in [0.2, 0.25) is 0 Å². The van der Waals surface area contributed by atoms with Crippen molar-refractivity contribution in [1.29, 1.82) is 0 Å². The van der Waals surface area contributed by atoms with E-state index < -0.39 is 0 Å². The quantitative estimate of drug-likeness (QED) is 0.522. The summed E-state index contributed by atoms with van der Waals surface area (Å²) >= 11 is 0. The summed E-state index contributed by atoms with van der Waals surface area (Å²) in [6.07, 6.45) is 0. The molecule has 0 spiro atoms. The van der Waals surface area contributed by atoms with Crippen molar-refractivity contribution >= 4 is 0 Å². The molecule has 0 saturated heterocycles. The van der Waals surface area contributed by atoms with E-state index >= 15 is 0 Å². The van der Waals surface area contributed by atoms with E-state index in [1.807, 2.05) is 0 Å². The number of hydrogen-bond acceptors (Lipinski definition) is 0. The average Bonchev–Trinajstić information content (AvgIpc) is 2.39. The van der Waals surface area contributed by atoms with E-state index in [-0.39, 0.29) is 27.1 Å².